The molecule has 21 heavy (non-hydrogen) atoms. The molecule has 2 N–H and O–H groups in total. The molecule has 8 nitrogen and oxygen atoms in total. The standard InChI is InChI=1S/C12H17N5O3S/c1-8(7-21(3,18)19)17-12(14-15-16-17)10-6-9(13)4-5-11(10)20-2/h4-6,8H,7,13H2,1-3H3. The second-order valence-electron chi connectivity index (χ2n) is 4.85. The monoisotopic (exact) mass is 311 g/mol. The number of aromatic nitrogens is 4. The number of benzene rings is 1. The van der Waals surface area contributed by atoms with E-state index in [0.717, 1.165) is 0 Å². The number of hydrogen-bond donors (Lipinski definition) is 1. The minimum Gasteiger partial charge on any atom is -0.496 e. The second-order valence-corrected chi connectivity index (χ2v) is 7.03. The maximum atomic E-state index is 11.4. The predicted octanol–water partition coefficient (Wildman–Crippen LogP) is 0.536. The molecule has 114 valence electrons. The molecular weight excluding hydrogens is 294 g/mol. The summed E-state index contributed by atoms with van der Waals surface area (Å²) in [6.45, 7) is 1.74. The Hall–Kier alpha value is -2.16. The highest BCUT2D eigenvalue weighted by atomic mass is 32.2. The zero-order valence-electron chi connectivity index (χ0n) is 12.0. The van der Waals surface area contributed by atoms with Crippen LogP contribution in [0.2, 0.25) is 0 Å². The fourth-order valence-electron chi connectivity index (χ4n) is 2.08. The molecule has 1 aromatic carbocycles. The molecule has 1 atom stereocenters. The number of methoxy groups -OCH3 is 1. The average molecular weight is 311 g/mol. The van der Waals surface area contributed by atoms with Gasteiger partial charge in [0.2, 0.25) is 0 Å². The lowest BCUT2D eigenvalue weighted by atomic mass is 10.1. The molecule has 0 aliphatic carbocycles. The number of anilines is 1. The summed E-state index contributed by atoms with van der Waals surface area (Å²) < 4.78 is 29.6. The second kappa shape index (κ2) is 5.68. The molecule has 0 aliphatic heterocycles. The summed E-state index contributed by atoms with van der Waals surface area (Å²) >= 11 is 0. The van der Waals surface area contributed by atoms with E-state index >= 15 is 0 Å². The van der Waals surface area contributed by atoms with Gasteiger partial charge in [0.1, 0.15) is 15.6 Å². The van der Waals surface area contributed by atoms with Gasteiger partial charge in [-0.2, -0.15) is 0 Å². The molecule has 1 unspecified atom stereocenters. The zero-order chi connectivity index (χ0) is 15.6. The SMILES string of the molecule is COc1ccc(N)cc1-c1nnnn1C(C)CS(C)(=O)=O. The van der Waals surface area contributed by atoms with Crippen LogP contribution >= 0.6 is 0 Å². The molecule has 0 amide bonds. The van der Waals surface area contributed by atoms with E-state index in [1.54, 1.807) is 25.1 Å². The Labute approximate surface area is 122 Å². The van der Waals surface area contributed by atoms with Crippen molar-refractivity contribution in [3.63, 3.8) is 0 Å². The number of nitrogen functional groups attached to an aromatic ring is 1. The van der Waals surface area contributed by atoms with Crippen LogP contribution in [-0.2, 0) is 9.84 Å². The van der Waals surface area contributed by atoms with Crippen LogP contribution in [-0.4, -0.2) is 47.7 Å². The molecular formula is C12H17N5O3S. The summed E-state index contributed by atoms with van der Waals surface area (Å²) in [6, 6.07) is 4.70. The lowest BCUT2D eigenvalue weighted by molar-refractivity contribution is 0.415. The number of sulfone groups is 1. The minimum absolute atomic E-state index is 0.0599. The topological polar surface area (TPSA) is 113 Å². The third-order valence-electron chi connectivity index (χ3n) is 2.92. The molecule has 9 heteroatoms. The first-order chi connectivity index (χ1) is 9.81. The highest BCUT2D eigenvalue weighted by molar-refractivity contribution is 7.90. The Bertz CT molecular complexity index is 741. The van der Waals surface area contributed by atoms with Crippen molar-refractivity contribution in [3.8, 4) is 17.1 Å². The first-order valence-corrected chi connectivity index (χ1v) is 8.27. The van der Waals surface area contributed by atoms with Crippen molar-refractivity contribution >= 4 is 15.5 Å². The fraction of sp³-hybridized carbons (Fsp3) is 0.417. The highest BCUT2D eigenvalue weighted by Gasteiger charge is 2.21. The van der Waals surface area contributed by atoms with E-state index in [4.69, 9.17) is 10.5 Å². The van der Waals surface area contributed by atoms with Gasteiger partial charge in [0.25, 0.3) is 0 Å². The van der Waals surface area contributed by atoms with Crippen LogP contribution in [0, 0.1) is 0 Å². The molecule has 1 aromatic heterocycles. The van der Waals surface area contributed by atoms with Gasteiger partial charge in [-0.1, -0.05) is 0 Å². The number of hydrogen-bond acceptors (Lipinski definition) is 7. The lowest BCUT2D eigenvalue weighted by Gasteiger charge is -2.14. The van der Waals surface area contributed by atoms with Crippen LogP contribution < -0.4 is 10.5 Å². The van der Waals surface area contributed by atoms with E-state index in [1.165, 1.54) is 18.0 Å². The van der Waals surface area contributed by atoms with E-state index in [-0.39, 0.29) is 5.75 Å². The number of ether oxygens (including phenoxy) is 1. The van der Waals surface area contributed by atoms with Crippen LogP contribution in [0.4, 0.5) is 5.69 Å². The van der Waals surface area contributed by atoms with Crippen molar-refractivity contribution in [2.24, 2.45) is 0 Å². The van der Waals surface area contributed by atoms with Crippen LogP contribution in [0.15, 0.2) is 18.2 Å². The molecule has 1 heterocycles. The summed E-state index contributed by atoms with van der Waals surface area (Å²) in [6.07, 6.45) is 1.18. The van der Waals surface area contributed by atoms with E-state index in [2.05, 4.69) is 15.5 Å². The van der Waals surface area contributed by atoms with Gasteiger partial charge in [0.15, 0.2) is 5.82 Å². The highest BCUT2D eigenvalue weighted by Crippen LogP contribution is 2.31. The Morgan fingerprint density at radius 3 is 2.76 bits per heavy atom. The molecule has 0 radical (unpaired) electrons. The van der Waals surface area contributed by atoms with Gasteiger partial charge in [-0.3, -0.25) is 0 Å². The van der Waals surface area contributed by atoms with Crippen molar-refractivity contribution in [2.45, 2.75) is 13.0 Å². The quantitative estimate of drug-likeness (QED) is 0.801. The first kappa shape index (κ1) is 15.2. The fourth-order valence-corrected chi connectivity index (χ4v) is 3.09. The molecule has 0 saturated heterocycles. The van der Waals surface area contributed by atoms with Gasteiger partial charge in [-0.25, -0.2) is 13.1 Å². The van der Waals surface area contributed by atoms with Gasteiger partial charge in [-0.15, -0.1) is 5.10 Å². The predicted molar refractivity (Wildman–Crippen MR) is 78.6 cm³/mol. The van der Waals surface area contributed by atoms with Crippen molar-refractivity contribution in [3.05, 3.63) is 18.2 Å². The molecule has 0 bridgehead atoms. The summed E-state index contributed by atoms with van der Waals surface area (Å²) in [4.78, 5) is 0. The maximum absolute atomic E-state index is 11.4. The number of tetrazole rings is 1. The Morgan fingerprint density at radius 1 is 1.43 bits per heavy atom. The smallest absolute Gasteiger partial charge is 0.186 e. The Balaban J connectivity index is 2.48. The molecule has 0 spiro atoms. The van der Waals surface area contributed by atoms with Gasteiger partial charge in [-0.05, 0) is 35.5 Å². The van der Waals surface area contributed by atoms with Crippen LogP contribution in [0.5, 0.6) is 5.75 Å². The van der Waals surface area contributed by atoms with Crippen LogP contribution in [0.3, 0.4) is 0 Å². The van der Waals surface area contributed by atoms with E-state index in [0.29, 0.717) is 22.8 Å². The zero-order valence-corrected chi connectivity index (χ0v) is 12.8. The summed E-state index contributed by atoms with van der Waals surface area (Å²) in [5.41, 5.74) is 6.94. The van der Waals surface area contributed by atoms with Crippen molar-refractivity contribution in [1.82, 2.24) is 20.2 Å². The summed E-state index contributed by atoms with van der Waals surface area (Å²) in [5, 5.41) is 11.5. The Morgan fingerprint density at radius 2 is 2.14 bits per heavy atom. The summed E-state index contributed by atoms with van der Waals surface area (Å²) in [7, 11) is -1.61. The van der Waals surface area contributed by atoms with Gasteiger partial charge in [0.05, 0.1) is 24.5 Å². The largest absolute Gasteiger partial charge is 0.496 e. The number of nitrogens with two attached hydrogens (primary N) is 1. The van der Waals surface area contributed by atoms with E-state index in [1.807, 2.05) is 0 Å². The normalized spacial score (nSPS) is 13.1. The maximum Gasteiger partial charge on any atom is 0.186 e. The van der Waals surface area contributed by atoms with Crippen molar-refractivity contribution in [1.29, 1.82) is 0 Å². The third-order valence-corrected chi connectivity index (χ3v) is 4.01. The van der Waals surface area contributed by atoms with Gasteiger partial charge < -0.3 is 10.5 Å². The molecule has 0 saturated carbocycles. The first-order valence-electron chi connectivity index (χ1n) is 6.21. The van der Waals surface area contributed by atoms with Crippen molar-refractivity contribution in [2.75, 3.05) is 24.9 Å². The van der Waals surface area contributed by atoms with Crippen LogP contribution in [0.25, 0.3) is 11.4 Å². The number of nitrogens with zero attached hydrogens (tertiary/aromatic N) is 4. The summed E-state index contributed by atoms with van der Waals surface area (Å²) in [5.74, 6) is 0.914. The molecule has 0 aliphatic rings. The average Bonchev–Trinajstić information content (AvgIpc) is 2.85. The van der Waals surface area contributed by atoms with E-state index < -0.39 is 15.9 Å². The van der Waals surface area contributed by atoms with Gasteiger partial charge >= 0.3 is 0 Å². The lowest BCUT2D eigenvalue weighted by Crippen LogP contribution is -2.18. The van der Waals surface area contributed by atoms with E-state index in [9.17, 15) is 8.42 Å². The number of rotatable bonds is 5. The molecule has 0 fully saturated rings. The molecule has 2 aromatic rings. The minimum atomic E-state index is -3.14. The van der Waals surface area contributed by atoms with Crippen LogP contribution in [0.1, 0.15) is 13.0 Å². The Kier molecular flexibility index (Phi) is 4.12. The molecule has 2 rings (SSSR count). The van der Waals surface area contributed by atoms with Crippen molar-refractivity contribution < 1.29 is 13.2 Å². The third kappa shape index (κ3) is 3.48. The van der Waals surface area contributed by atoms with Gasteiger partial charge in [0, 0.05) is 11.9 Å².